The lowest BCUT2D eigenvalue weighted by molar-refractivity contribution is 0.00480. The van der Waals surface area contributed by atoms with Crippen molar-refractivity contribution in [2.45, 2.75) is 71.1 Å². The summed E-state index contributed by atoms with van der Waals surface area (Å²) in [5, 5.41) is 0. The number of hydrazine groups is 1. The van der Waals surface area contributed by atoms with E-state index in [1.807, 2.05) is 0 Å². The van der Waals surface area contributed by atoms with Gasteiger partial charge in [-0.15, -0.1) is 0 Å². The van der Waals surface area contributed by atoms with Crippen molar-refractivity contribution in [2.75, 3.05) is 0 Å². The molecule has 1 aliphatic carbocycles. The van der Waals surface area contributed by atoms with Crippen LogP contribution in [-0.2, 0) is 4.74 Å². The molecule has 2 fully saturated rings. The Kier molecular flexibility index (Phi) is 4.45. The van der Waals surface area contributed by atoms with Gasteiger partial charge >= 0.3 is 0 Å². The summed E-state index contributed by atoms with van der Waals surface area (Å²) in [6.07, 6.45) is 7.05. The molecular weight excluding hydrogens is 212 g/mol. The zero-order valence-corrected chi connectivity index (χ0v) is 11.5. The highest BCUT2D eigenvalue weighted by Crippen LogP contribution is 2.37. The maximum absolute atomic E-state index is 6.00. The summed E-state index contributed by atoms with van der Waals surface area (Å²) < 4.78 is 6.00. The van der Waals surface area contributed by atoms with Crippen LogP contribution in [0.5, 0.6) is 0 Å². The Balaban J connectivity index is 1.97. The molecule has 100 valence electrons. The topological polar surface area (TPSA) is 47.3 Å². The Bertz CT molecular complexity index is 236. The van der Waals surface area contributed by atoms with Crippen LogP contribution in [0.3, 0.4) is 0 Å². The van der Waals surface area contributed by atoms with Crippen molar-refractivity contribution in [3.63, 3.8) is 0 Å². The van der Waals surface area contributed by atoms with Crippen molar-refractivity contribution in [1.82, 2.24) is 5.43 Å². The standard InChI is InChI=1S/C14H28N2O/c1-9-6-10(2)8-12(7-9)14(16-15)13-5-4-11(3)17-13/h9-14,16H,4-8,15H2,1-3H3. The summed E-state index contributed by atoms with van der Waals surface area (Å²) in [4.78, 5) is 0. The van der Waals surface area contributed by atoms with Gasteiger partial charge in [-0.05, 0) is 56.8 Å². The number of nitrogens with one attached hydrogen (secondary N) is 1. The lowest BCUT2D eigenvalue weighted by Crippen LogP contribution is -2.50. The predicted molar refractivity (Wildman–Crippen MR) is 70.3 cm³/mol. The Hall–Kier alpha value is -0.120. The fraction of sp³-hybridized carbons (Fsp3) is 1.00. The van der Waals surface area contributed by atoms with E-state index in [2.05, 4.69) is 26.2 Å². The quantitative estimate of drug-likeness (QED) is 0.588. The van der Waals surface area contributed by atoms with Crippen LogP contribution in [0.2, 0.25) is 0 Å². The van der Waals surface area contributed by atoms with Crippen molar-refractivity contribution >= 4 is 0 Å². The monoisotopic (exact) mass is 240 g/mol. The summed E-state index contributed by atoms with van der Waals surface area (Å²) in [5.74, 6) is 8.14. The van der Waals surface area contributed by atoms with E-state index in [0.717, 1.165) is 18.3 Å². The highest BCUT2D eigenvalue weighted by molar-refractivity contribution is 4.90. The first kappa shape index (κ1) is 13.3. The minimum absolute atomic E-state index is 0.331. The summed E-state index contributed by atoms with van der Waals surface area (Å²) in [7, 11) is 0. The van der Waals surface area contributed by atoms with Crippen LogP contribution in [0.1, 0.15) is 52.9 Å². The normalized spacial score (nSPS) is 44.8. The van der Waals surface area contributed by atoms with E-state index in [9.17, 15) is 0 Å². The van der Waals surface area contributed by atoms with Crippen molar-refractivity contribution in [3.05, 3.63) is 0 Å². The van der Waals surface area contributed by atoms with Crippen LogP contribution in [0.4, 0.5) is 0 Å². The minimum Gasteiger partial charge on any atom is -0.374 e. The van der Waals surface area contributed by atoms with Gasteiger partial charge in [-0.2, -0.15) is 0 Å². The number of nitrogens with two attached hydrogens (primary N) is 1. The number of hydrogen-bond donors (Lipinski definition) is 2. The average molecular weight is 240 g/mol. The molecule has 1 saturated heterocycles. The van der Waals surface area contributed by atoms with E-state index in [0.29, 0.717) is 24.2 Å². The minimum atomic E-state index is 0.331. The first-order valence-electron chi connectivity index (χ1n) is 7.21. The van der Waals surface area contributed by atoms with Crippen molar-refractivity contribution in [3.8, 4) is 0 Å². The van der Waals surface area contributed by atoms with Gasteiger partial charge in [0.05, 0.1) is 18.2 Å². The van der Waals surface area contributed by atoms with E-state index < -0.39 is 0 Å². The molecule has 1 aliphatic heterocycles. The lowest BCUT2D eigenvalue weighted by atomic mass is 9.72. The van der Waals surface area contributed by atoms with Crippen LogP contribution in [0.15, 0.2) is 0 Å². The Morgan fingerprint density at radius 3 is 2.18 bits per heavy atom. The fourth-order valence-electron chi connectivity index (χ4n) is 3.95. The molecule has 1 saturated carbocycles. The van der Waals surface area contributed by atoms with Crippen LogP contribution >= 0.6 is 0 Å². The number of ether oxygens (including phenoxy) is 1. The van der Waals surface area contributed by atoms with E-state index in [4.69, 9.17) is 10.6 Å². The fourth-order valence-corrected chi connectivity index (χ4v) is 3.95. The molecule has 2 aliphatic rings. The second-order valence-electron chi connectivity index (χ2n) is 6.43. The molecular formula is C14H28N2O. The van der Waals surface area contributed by atoms with Crippen molar-refractivity contribution < 1.29 is 4.74 Å². The first-order valence-corrected chi connectivity index (χ1v) is 7.21. The van der Waals surface area contributed by atoms with Gasteiger partial charge in [0.1, 0.15) is 0 Å². The van der Waals surface area contributed by atoms with Gasteiger partial charge in [-0.1, -0.05) is 13.8 Å². The second-order valence-corrected chi connectivity index (χ2v) is 6.43. The van der Waals surface area contributed by atoms with Gasteiger partial charge in [0.2, 0.25) is 0 Å². The summed E-state index contributed by atoms with van der Waals surface area (Å²) in [5.41, 5.74) is 3.05. The summed E-state index contributed by atoms with van der Waals surface area (Å²) >= 11 is 0. The molecule has 0 radical (unpaired) electrons. The van der Waals surface area contributed by atoms with E-state index in [-0.39, 0.29) is 0 Å². The Morgan fingerprint density at radius 1 is 1.06 bits per heavy atom. The molecule has 0 aromatic carbocycles. The van der Waals surface area contributed by atoms with Crippen LogP contribution < -0.4 is 11.3 Å². The lowest BCUT2D eigenvalue weighted by Gasteiger charge is -2.38. The molecule has 0 spiro atoms. The molecule has 5 unspecified atom stereocenters. The highest BCUT2D eigenvalue weighted by Gasteiger charge is 2.37. The largest absolute Gasteiger partial charge is 0.374 e. The molecule has 3 heteroatoms. The van der Waals surface area contributed by atoms with Gasteiger partial charge in [0, 0.05) is 0 Å². The van der Waals surface area contributed by atoms with Crippen LogP contribution in [-0.4, -0.2) is 18.2 Å². The smallest absolute Gasteiger partial charge is 0.0748 e. The molecule has 0 aromatic rings. The SMILES string of the molecule is CC1CC(C)CC(C(NN)C2CCC(C)O2)C1. The molecule has 2 rings (SSSR count). The molecule has 5 atom stereocenters. The summed E-state index contributed by atoms with van der Waals surface area (Å²) in [6.45, 7) is 6.91. The van der Waals surface area contributed by atoms with Crippen LogP contribution in [0, 0.1) is 17.8 Å². The highest BCUT2D eigenvalue weighted by atomic mass is 16.5. The molecule has 3 N–H and O–H groups in total. The molecule has 17 heavy (non-hydrogen) atoms. The van der Waals surface area contributed by atoms with Crippen LogP contribution in [0.25, 0.3) is 0 Å². The van der Waals surface area contributed by atoms with Gasteiger partial charge < -0.3 is 4.74 Å². The summed E-state index contributed by atoms with van der Waals surface area (Å²) in [6, 6.07) is 0.352. The predicted octanol–water partition coefficient (Wildman–Crippen LogP) is 2.46. The zero-order valence-electron chi connectivity index (χ0n) is 11.5. The third kappa shape index (κ3) is 3.21. The maximum Gasteiger partial charge on any atom is 0.0748 e. The second kappa shape index (κ2) is 5.68. The number of rotatable bonds is 3. The maximum atomic E-state index is 6.00. The molecule has 1 heterocycles. The van der Waals surface area contributed by atoms with Crippen molar-refractivity contribution in [2.24, 2.45) is 23.6 Å². The van der Waals surface area contributed by atoms with E-state index in [1.165, 1.54) is 25.7 Å². The van der Waals surface area contributed by atoms with Gasteiger partial charge in [-0.3, -0.25) is 11.3 Å². The molecule has 0 aromatic heterocycles. The third-order valence-corrected chi connectivity index (χ3v) is 4.58. The van der Waals surface area contributed by atoms with Gasteiger partial charge in [-0.25, -0.2) is 0 Å². The van der Waals surface area contributed by atoms with Gasteiger partial charge in [0.15, 0.2) is 0 Å². The van der Waals surface area contributed by atoms with E-state index in [1.54, 1.807) is 0 Å². The number of hydrogen-bond acceptors (Lipinski definition) is 3. The Labute approximate surface area is 105 Å². The first-order chi connectivity index (χ1) is 8.10. The third-order valence-electron chi connectivity index (χ3n) is 4.58. The molecule has 0 bridgehead atoms. The Morgan fingerprint density at radius 2 is 1.71 bits per heavy atom. The zero-order chi connectivity index (χ0) is 12.4. The molecule has 3 nitrogen and oxygen atoms in total. The average Bonchev–Trinajstić information content (AvgIpc) is 2.64. The van der Waals surface area contributed by atoms with Crippen molar-refractivity contribution in [1.29, 1.82) is 0 Å². The van der Waals surface area contributed by atoms with Gasteiger partial charge in [0.25, 0.3) is 0 Å². The molecule has 0 amide bonds. The van der Waals surface area contributed by atoms with E-state index >= 15 is 0 Å².